The van der Waals surface area contributed by atoms with Crippen molar-refractivity contribution >= 4 is 25.7 Å². The summed E-state index contributed by atoms with van der Waals surface area (Å²) in [6.07, 6.45) is 74.2. The smallest absolute Gasteiger partial charge is 0.462 e. The van der Waals surface area contributed by atoms with Crippen LogP contribution in [0.4, 0.5) is 0 Å². The highest BCUT2D eigenvalue weighted by atomic mass is 31.2. The van der Waals surface area contributed by atoms with Crippen LogP contribution >= 0.6 is 7.82 Å². The van der Waals surface area contributed by atoms with E-state index in [1.807, 2.05) is 0 Å². The number of hydrogen-bond acceptors (Lipinski definition) is 10. The SMILES string of the molecule is CC/C=C\C/C=C\C/C=C\C/C=C\C/C=C\CCCCCC(=O)OC(COC(=O)CCCCCCCCCCCCCCCCCCCCC)COP(=O)(O)OCC(CO)OC(=O)CCCCCCCCC/C=C\CCCCCCCC. The van der Waals surface area contributed by atoms with Crippen molar-refractivity contribution in [1.29, 1.82) is 0 Å². The van der Waals surface area contributed by atoms with Gasteiger partial charge >= 0.3 is 25.7 Å². The van der Waals surface area contributed by atoms with Crippen LogP contribution in [0.15, 0.2) is 72.9 Å². The van der Waals surface area contributed by atoms with Gasteiger partial charge in [-0.05, 0) is 89.9 Å². The molecule has 0 aliphatic heterocycles. The van der Waals surface area contributed by atoms with Crippen LogP contribution in [0.3, 0.4) is 0 Å². The van der Waals surface area contributed by atoms with Gasteiger partial charge in [0.2, 0.25) is 0 Å². The summed E-state index contributed by atoms with van der Waals surface area (Å²) in [7, 11) is -4.77. The molecule has 0 amide bonds. The second-order valence-electron chi connectivity index (χ2n) is 22.6. The minimum Gasteiger partial charge on any atom is -0.462 e. The van der Waals surface area contributed by atoms with Crippen molar-refractivity contribution in [2.45, 2.75) is 328 Å². The van der Waals surface area contributed by atoms with Gasteiger partial charge in [-0.25, -0.2) is 4.57 Å². The molecular weight excluding hydrogens is 1050 g/mol. The number of aliphatic hydroxyl groups excluding tert-OH is 1. The van der Waals surface area contributed by atoms with Crippen LogP contribution in [-0.2, 0) is 42.2 Å². The Hall–Kier alpha value is -3.08. The van der Waals surface area contributed by atoms with Crippen LogP contribution in [0.25, 0.3) is 0 Å². The maximum Gasteiger partial charge on any atom is 0.472 e. The highest BCUT2D eigenvalue weighted by molar-refractivity contribution is 7.47. The zero-order valence-corrected chi connectivity index (χ0v) is 53.8. The van der Waals surface area contributed by atoms with E-state index in [1.165, 1.54) is 161 Å². The van der Waals surface area contributed by atoms with Crippen LogP contribution in [0.2, 0.25) is 0 Å². The Morgan fingerprint density at radius 2 is 0.634 bits per heavy atom. The van der Waals surface area contributed by atoms with Gasteiger partial charge in [-0.3, -0.25) is 23.4 Å². The minimum atomic E-state index is -4.77. The van der Waals surface area contributed by atoms with Crippen molar-refractivity contribution in [3.8, 4) is 0 Å². The zero-order chi connectivity index (χ0) is 59.8. The summed E-state index contributed by atoms with van der Waals surface area (Å²) in [6.45, 7) is 4.55. The number of aliphatic hydroxyl groups is 1. The first-order valence-corrected chi connectivity index (χ1v) is 35.3. The molecule has 0 radical (unpaired) electrons. The maximum atomic E-state index is 13.0. The van der Waals surface area contributed by atoms with Crippen LogP contribution in [-0.4, -0.2) is 66.5 Å². The number of phosphoric acid groups is 1. The van der Waals surface area contributed by atoms with Gasteiger partial charge in [0.1, 0.15) is 12.7 Å². The molecule has 3 unspecified atom stereocenters. The molecule has 3 atom stereocenters. The first kappa shape index (κ1) is 78.9. The lowest BCUT2D eigenvalue weighted by Gasteiger charge is -2.21. The maximum absolute atomic E-state index is 13.0. The molecule has 0 heterocycles. The highest BCUT2D eigenvalue weighted by Crippen LogP contribution is 2.43. The third-order valence-electron chi connectivity index (χ3n) is 14.6. The molecule has 12 heteroatoms. The van der Waals surface area contributed by atoms with E-state index in [1.54, 1.807) is 0 Å². The molecule has 0 rings (SSSR count). The first-order valence-electron chi connectivity index (χ1n) is 33.8. The molecule has 0 aromatic rings. The molecule has 0 fully saturated rings. The third kappa shape index (κ3) is 61.5. The molecule has 0 bridgehead atoms. The Morgan fingerprint density at radius 3 is 1.00 bits per heavy atom. The molecule has 0 aromatic carbocycles. The van der Waals surface area contributed by atoms with Gasteiger partial charge in [-0.15, -0.1) is 0 Å². The number of phosphoric ester groups is 1. The molecule has 0 aliphatic carbocycles. The van der Waals surface area contributed by atoms with Crippen molar-refractivity contribution in [3.05, 3.63) is 72.9 Å². The normalized spacial score (nSPS) is 13.7. The quantitative estimate of drug-likeness (QED) is 0.0197. The fourth-order valence-electron chi connectivity index (χ4n) is 9.50. The Bertz CT molecular complexity index is 1650. The van der Waals surface area contributed by atoms with Crippen molar-refractivity contribution in [1.82, 2.24) is 0 Å². The monoisotopic (exact) mass is 1170 g/mol. The van der Waals surface area contributed by atoms with Gasteiger partial charge in [0.15, 0.2) is 6.10 Å². The van der Waals surface area contributed by atoms with E-state index < -0.39 is 57.8 Å². The molecule has 82 heavy (non-hydrogen) atoms. The number of rotatable bonds is 63. The van der Waals surface area contributed by atoms with Crippen LogP contribution in [0, 0.1) is 0 Å². The first-order chi connectivity index (χ1) is 40.2. The fraction of sp³-hybridized carbons (Fsp3) is 0.786. The number of esters is 3. The summed E-state index contributed by atoms with van der Waals surface area (Å²) in [5.41, 5.74) is 0. The van der Waals surface area contributed by atoms with Gasteiger partial charge < -0.3 is 24.2 Å². The van der Waals surface area contributed by atoms with E-state index >= 15 is 0 Å². The lowest BCUT2D eigenvalue weighted by Crippen LogP contribution is -2.30. The molecule has 0 saturated heterocycles. The zero-order valence-electron chi connectivity index (χ0n) is 53.0. The Balaban J connectivity index is 4.72. The van der Waals surface area contributed by atoms with Gasteiger partial charge in [0.25, 0.3) is 0 Å². The van der Waals surface area contributed by atoms with E-state index in [2.05, 4.69) is 93.7 Å². The third-order valence-corrected chi connectivity index (χ3v) is 15.6. The summed E-state index contributed by atoms with van der Waals surface area (Å²) >= 11 is 0. The van der Waals surface area contributed by atoms with Crippen molar-refractivity contribution < 1.29 is 52.2 Å². The lowest BCUT2D eigenvalue weighted by atomic mass is 10.0. The summed E-state index contributed by atoms with van der Waals surface area (Å²) < 4.78 is 39.7. The number of allylic oxidation sites excluding steroid dienone is 12. The van der Waals surface area contributed by atoms with Gasteiger partial charge in [-0.1, -0.05) is 280 Å². The van der Waals surface area contributed by atoms with Crippen molar-refractivity contribution in [2.24, 2.45) is 0 Å². The number of unbranched alkanes of at least 4 members (excludes halogenated alkanes) is 34. The Kier molecular flexibility index (Phi) is 61.5. The highest BCUT2D eigenvalue weighted by Gasteiger charge is 2.28. The second-order valence-corrected chi connectivity index (χ2v) is 24.1. The molecule has 0 aliphatic rings. The standard InChI is InChI=1S/C70H125O11P/c1-4-7-10-13-16-19-22-25-28-31-33-36-38-41-44-47-50-53-56-59-68(72)77-63-67(81-70(74)61-58-55-52-49-46-43-40-37-34-32-29-26-23-20-17-14-11-8-5-2)65-79-82(75,76)78-64-66(62-71)80-69(73)60-57-54-51-48-45-42-39-35-30-27-24-21-18-15-12-9-6-3/h8,11,17,20,26-27,29-30,34,37,43,46,66-67,71H,4-7,9-10,12-16,18-19,21-25,28,31-33,35-36,38-42,44-45,47-65H2,1-3H3,(H,75,76)/b11-8-,20-17-,29-26-,30-27-,37-34-,46-43-. The minimum absolute atomic E-state index is 0.129. The summed E-state index contributed by atoms with van der Waals surface area (Å²) in [6, 6.07) is 0. The van der Waals surface area contributed by atoms with E-state index in [4.69, 9.17) is 23.3 Å². The molecule has 0 spiro atoms. The average molecular weight is 1170 g/mol. The molecule has 0 aromatic heterocycles. The Morgan fingerprint density at radius 1 is 0.354 bits per heavy atom. The molecule has 0 saturated carbocycles. The van der Waals surface area contributed by atoms with E-state index in [-0.39, 0.29) is 25.9 Å². The summed E-state index contributed by atoms with van der Waals surface area (Å²) in [4.78, 5) is 48.8. The topological polar surface area (TPSA) is 155 Å². The van der Waals surface area contributed by atoms with Crippen LogP contribution in [0.5, 0.6) is 0 Å². The number of hydrogen-bond donors (Lipinski definition) is 2. The number of carbonyl (C=O) groups is 3. The lowest BCUT2D eigenvalue weighted by molar-refractivity contribution is -0.161. The largest absolute Gasteiger partial charge is 0.472 e. The number of carbonyl (C=O) groups excluding carboxylic acids is 3. The average Bonchev–Trinajstić information content (AvgIpc) is 3.50. The van der Waals surface area contributed by atoms with Crippen LogP contribution < -0.4 is 0 Å². The second kappa shape index (κ2) is 63.9. The molecular formula is C70H125O11P. The van der Waals surface area contributed by atoms with Crippen molar-refractivity contribution in [2.75, 3.05) is 26.4 Å². The number of ether oxygens (including phenoxy) is 3. The van der Waals surface area contributed by atoms with Gasteiger partial charge in [0.05, 0.1) is 19.8 Å². The van der Waals surface area contributed by atoms with E-state index in [9.17, 15) is 28.9 Å². The van der Waals surface area contributed by atoms with Gasteiger partial charge in [-0.2, -0.15) is 0 Å². The van der Waals surface area contributed by atoms with Crippen LogP contribution in [0.1, 0.15) is 316 Å². The molecule has 11 nitrogen and oxygen atoms in total. The van der Waals surface area contributed by atoms with E-state index in [0.29, 0.717) is 19.3 Å². The Labute approximate surface area is 503 Å². The van der Waals surface area contributed by atoms with Crippen molar-refractivity contribution in [3.63, 3.8) is 0 Å². The predicted octanol–water partition coefficient (Wildman–Crippen LogP) is 20.8. The predicted molar refractivity (Wildman–Crippen MR) is 344 cm³/mol. The van der Waals surface area contributed by atoms with Gasteiger partial charge in [0, 0.05) is 19.3 Å². The molecule has 476 valence electrons. The molecule has 2 N–H and O–H groups in total. The van der Waals surface area contributed by atoms with E-state index in [0.717, 1.165) is 96.3 Å². The summed E-state index contributed by atoms with van der Waals surface area (Å²) in [5.74, 6) is -1.49. The summed E-state index contributed by atoms with van der Waals surface area (Å²) in [5, 5.41) is 9.87. The fourth-order valence-corrected chi connectivity index (χ4v) is 10.3.